The van der Waals surface area contributed by atoms with Gasteiger partial charge in [0.2, 0.25) is 5.71 Å². The molecule has 0 aliphatic carbocycles. The van der Waals surface area contributed by atoms with Crippen molar-refractivity contribution in [3.05, 3.63) is 71.5 Å². The first-order valence-corrected chi connectivity index (χ1v) is 8.77. The summed E-state index contributed by atoms with van der Waals surface area (Å²) in [6, 6.07) is 16.7. The number of rotatable bonds is 1. The van der Waals surface area contributed by atoms with E-state index in [1.54, 1.807) is 0 Å². The lowest BCUT2D eigenvalue weighted by Crippen LogP contribution is -1.92. The molecule has 3 heteroatoms. The molecule has 0 bridgehead atoms. The van der Waals surface area contributed by atoms with Crippen molar-refractivity contribution in [2.24, 2.45) is 0 Å². The number of furan rings is 1. The molecule has 0 saturated heterocycles. The van der Waals surface area contributed by atoms with Crippen LogP contribution in [0, 0.1) is 20.8 Å². The number of aryl methyl sites for hydroxylation is 2. The van der Waals surface area contributed by atoms with Gasteiger partial charge in [-0.05, 0) is 61.5 Å². The number of hydrogen-bond donors (Lipinski definition) is 0. The van der Waals surface area contributed by atoms with E-state index >= 15 is 0 Å². The summed E-state index contributed by atoms with van der Waals surface area (Å²) in [6.45, 7) is 6.26. The zero-order chi connectivity index (χ0) is 17.8. The van der Waals surface area contributed by atoms with Crippen LogP contribution in [0.3, 0.4) is 0 Å². The molecule has 0 saturated carbocycles. The molecular formula is C23H18N2O. The van der Waals surface area contributed by atoms with Gasteiger partial charge in [0.25, 0.3) is 0 Å². The van der Waals surface area contributed by atoms with Gasteiger partial charge in [-0.15, -0.1) is 0 Å². The Morgan fingerprint density at radius 1 is 0.846 bits per heavy atom. The molecular weight excluding hydrogens is 320 g/mol. The van der Waals surface area contributed by atoms with E-state index in [4.69, 9.17) is 9.40 Å². The fraction of sp³-hybridized carbons (Fsp3) is 0.130. The fourth-order valence-corrected chi connectivity index (χ4v) is 3.71. The predicted molar refractivity (Wildman–Crippen MR) is 106 cm³/mol. The van der Waals surface area contributed by atoms with Gasteiger partial charge >= 0.3 is 0 Å². The minimum Gasteiger partial charge on any atom is -0.437 e. The van der Waals surface area contributed by atoms with E-state index in [-0.39, 0.29) is 0 Å². The zero-order valence-electron chi connectivity index (χ0n) is 15.0. The van der Waals surface area contributed by atoms with Gasteiger partial charge in [0.1, 0.15) is 5.58 Å². The van der Waals surface area contributed by atoms with Gasteiger partial charge in [-0.3, -0.25) is 4.98 Å². The molecule has 0 N–H and O–H groups in total. The van der Waals surface area contributed by atoms with Crippen LogP contribution in [0.4, 0.5) is 0 Å². The van der Waals surface area contributed by atoms with Gasteiger partial charge in [0, 0.05) is 33.6 Å². The van der Waals surface area contributed by atoms with Crippen molar-refractivity contribution in [1.82, 2.24) is 9.97 Å². The number of fused-ring (bicyclic) bond motifs is 4. The van der Waals surface area contributed by atoms with Crippen molar-refractivity contribution in [3.63, 3.8) is 0 Å². The molecule has 0 fully saturated rings. The largest absolute Gasteiger partial charge is 0.437 e. The van der Waals surface area contributed by atoms with Crippen molar-refractivity contribution >= 4 is 32.8 Å². The predicted octanol–water partition coefficient (Wildman–Crippen LogP) is 6.12. The van der Waals surface area contributed by atoms with Crippen molar-refractivity contribution in [3.8, 4) is 11.3 Å². The zero-order valence-corrected chi connectivity index (χ0v) is 15.0. The Balaban J connectivity index is 1.98. The van der Waals surface area contributed by atoms with Crippen LogP contribution in [0.1, 0.15) is 16.8 Å². The summed E-state index contributed by atoms with van der Waals surface area (Å²) >= 11 is 0. The van der Waals surface area contributed by atoms with E-state index in [1.807, 2.05) is 25.3 Å². The molecule has 0 amide bonds. The van der Waals surface area contributed by atoms with Gasteiger partial charge in [0.15, 0.2) is 0 Å². The Morgan fingerprint density at radius 3 is 2.58 bits per heavy atom. The SMILES string of the molecule is Cc1ccc2c(n1)oc1c(-c3nccc4ccccc34)c(C)c(C)cc12. The number of benzene rings is 2. The van der Waals surface area contributed by atoms with Crippen LogP contribution < -0.4 is 0 Å². The average Bonchev–Trinajstić information content (AvgIpc) is 2.99. The van der Waals surface area contributed by atoms with E-state index in [0.29, 0.717) is 5.71 Å². The summed E-state index contributed by atoms with van der Waals surface area (Å²) in [5.74, 6) is 0. The highest BCUT2D eigenvalue weighted by Gasteiger charge is 2.19. The Morgan fingerprint density at radius 2 is 1.69 bits per heavy atom. The van der Waals surface area contributed by atoms with Crippen LogP contribution in [0.25, 0.3) is 44.1 Å². The van der Waals surface area contributed by atoms with Crippen LogP contribution in [-0.4, -0.2) is 9.97 Å². The van der Waals surface area contributed by atoms with Crippen LogP contribution in [-0.2, 0) is 0 Å². The van der Waals surface area contributed by atoms with E-state index < -0.39 is 0 Å². The quantitative estimate of drug-likeness (QED) is 0.369. The number of nitrogens with zero attached hydrogens (tertiary/aromatic N) is 2. The van der Waals surface area contributed by atoms with E-state index in [1.165, 1.54) is 16.5 Å². The first kappa shape index (κ1) is 15.1. The van der Waals surface area contributed by atoms with E-state index in [0.717, 1.165) is 38.7 Å². The minimum atomic E-state index is 0.687. The third-order valence-corrected chi connectivity index (χ3v) is 5.20. The molecule has 3 aromatic heterocycles. The Bertz CT molecular complexity index is 1310. The highest BCUT2D eigenvalue weighted by Crippen LogP contribution is 2.40. The number of aromatic nitrogens is 2. The third-order valence-electron chi connectivity index (χ3n) is 5.20. The van der Waals surface area contributed by atoms with Crippen molar-refractivity contribution in [1.29, 1.82) is 0 Å². The Labute approximate surface area is 151 Å². The first-order chi connectivity index (χ1) is 12.6. The van der Waals surface area contributed by atoms with Crippen molar-refractivity contribution in [2.45, 2.75) is 20.8 Å². The average molecular weight is 338 g/mol. The lowest BCUT2D eigenvalue weighted by Gasteiger charge is -2.11. The van der Waals surface area contributed by atoms with Gasteiger partial charge in [-0.1, -0.05) is 24.3 Å². The van der Waals surface area contributed by atoms with Gasteiger partial charge in [-0.25, -0.2) is 4.98 Å². The Hall–Kier alpha value is -3.20. The second-order valence-electron chi connectivity index (χ2n) is 6.86. The molecule has 0 spiro atoms. The molecule has 0 aliphatic rings. The Kier molecular flexibility index (Phi) is 3.13. The molecule has 26 heavy (non-hydrogen) atoms. The monoisotopic (exact) mass is 338 g/mol. The molecule has 126 valence electrons. The highest BCUT2D eigenvalue weighted by atomic mass is 16.3. The lowest BCUT2D eigenvalue weighted by molar-refractivity contribution is 0.653. The van der Waals surface area contributed by atoms with Crippen molar-refractivity contribution < 1.29 is 4.42 Å². The standard InChI is InChI=1S/C23H18N2O/c1-13-12-19-18-9-8-14(2)25-23(18)26-22(19)20(15(13)3)21-17-7-5-4-6-16(17)10-11-24-21/h4-12H,1-3H3. The molecule has 5 aromatic rings. The second-order valence-corrected chi connectivity index (χ2v) is 6.86. The molecule has 3 nitrogen and oxygen atoms in total. The van der Waals surface area contributed by atoms with Gasteiger partial charge < -0.3 is 4.42 Å². The maximum absolute atomic E-state index is 6.25. The van der Waals surface area contributed by atoms with Crippen LogP contribution in [0.5, 0.6) is 0 Å². The molecule has 0 radical (unpaired) electrons. The highest BCUT2D eigenvalue weighted by molar-refractivity contribution is 6.12. The normalized spacial score (nSPS) is 11.7. The number of pyridine rings is 2. The number of hydrogen-bond acceptors (Lipinski definition) is 3. The minimum absolute atomic E-state index is 0.687. The van der Waals surface area contributed by atoms with E-state index in [9.17, 15) is 0 Å². The summed E-state index contributed by atoms with van der Waals surface area (Å²) in [5.41, 5.74) is 6.95. The summed E-state index contributed by atoms with van der Waals surface area (Å²) in [7, 11) is 0. The molecule has 0 atom stereocenters. The smallest absolute Gasteiger partial charge is 0.227 e. The second kappa shape index (κ2) is 5.40. The molecule has 0 aliphatic heterocycles. The summed E-state index contributed by atoms with van der Waals surface area (Å²) < 4.78 is 6.25. The van der Waals surface area contributed by atoms with Crippen LogP contribution >= 0.6 is 0 Å². The fourth-order valence-electron chi connectivity index (χ4n) is 3.71. The van der Waals surface area contributed by atoms with Crippen molar-refractivity contribution in [2.75, 3.05) is 0 Å². The summed E-state index contributed by atoms with van der Waals surface area (Å²) in [4.78, 5) is 9.32. The van der Waals surface area contributed by atoms with Gasteiger partial charge in [0.05, 0.1) is 5.69 Å². The van der Waals surface area contributed by atoms with Crippen LogP contribution in [0.15, 0.2) is 59.1 Å². The molecule has 0 unspecified atom stereocenters. The van der Waals surface area contributed by atoms with E-state index in [2.05, 4.69) is 55.2 Å². The lowest BCUT2D eigenvalue weighted by atomic mass is 9.94. The third kappa shape index (κ3) is 2.07. The maximum Gasteiger partial charge on any atom is 0.227 e. The topological polar surface area (TPSA) is 38.9 Å². The molecule has 3 heterocycles. The van der Waals surface area contributed by atoms with Crippen LogP contribution in [0.2, 0.25) is 0 Å². The summed E-state index contributed by atoms with van der Waals surface area (Å²) in [6.07, 6.45) is 1.87. The molecule has 2 aromatic carbocycles. The van der Waals surface area contributed by atoms with Gasteiger partial charge in [-0.2, -0.15) is 0 Å². The summed E-state index contributed by atoms with van der Waals surface area (Å²) in [5, 5.41) is 4.46. The maximum atomic E-state index is 6.25. The first-order valence-electron chi connectivity index (χ1n) is 8.77. The molecule has 5 rings (SSSR count).